The molecule has 5 heteroatoms. The Hall–Kier alpha value is -2.04. The number of benzene rings is 1. The van der Waals surface area contributed by atoms with Crippen LogP contribution in [-0.4, -0.2) is 31.3 Å². The highest BCUT2D eigenvalue weighted by molar-refractivity contribution is 5.89. The van der Waals surface area contributed by atoms with Gasteiger partial charge in [-0.2, -0.15) is 0 Å². The van der Waals surface area contributed by atoms with E-state index in [1.807, 2.05) is 20.8 Å². The maximum atomic E-state index is 11.5. The van der Waals surface area contributed by atoms with Crippen molar-refractivity contribution in [3.05, 3.63) is 29.8 Å². The molecule has 0 aliphatic carbocycles. The van der Waals surface area contributed by atoms with Crippen molar-refractivity contribution in [2.45, 2.75) is 52.1 Å². The van der Waals surface area contributed by atoms with E-state index >= 15 is 0 Å². The van der Waals surface area contributed by atoms with E-state index in [4.69, 9.17) is 9.47 Å². The summed E-state index contributed by atoms with van der Waals surface area (Å²) in [6, 6.07) is 6.83. The Morgan fingerprint density at radius 1 is 1.00 bits per heavy atom. The average Bonchev–Trinajstić information content (AvgIpc) is 2.48. The molecule has 5 nitrogen and oxygen atoms in total. The minimum Gasteiger partial charge on any atom is -0.494 e. The van der Waals surface area contributed by atoms with Crippen LogP contribution in [0.3, 0.4) is 0 Å². The summed E-state index contributed by atoms with van der Waals surface area (Å²) in [7, 11) is 1.35. The van der Waals surface area contributed by atoms with Gasteiger partial charge in [0.2, 0.25) is 0 Å². The van der Waals surface area contributed by atoms with E-state index in [0.717, 1.165) is 19.3 Å². The second kappa shape index (κ2) is 9.18. The third kappa shape index (κ3) is 8.24. The van der Waals surface area contributed by atoms with E-state index in [0.29, 0.717) is 24.3 Å². The van der Waals surface area contributed by atoms with Crippen molar-refractivity contribution >= 4 is 11.9 Å². The van der Waals surface area contributed by atoms with Gasteiger partial charge in [0.25, 0.3) is 0 Å². The second-order valence-corrected chi connectivity index (χ2v) is 6.26. The van der Waals surface area contributed by atoms with Gasteiger partial charge in [0.1, 0.15) is 11.4 Å². The molecule has 0 heterocycles. The number of esters is 2. The number of ether oxygens (including phenoxy) is 3. The minimum absolute atomic E-state index is 0.156. The predicted octanol–water partition coefficient (Wildman–Crippen LogP) is 3.75. The van der Waals surface area contributed by atoms with E-state index in [2.05, 4.69) is 4.74 Å². The van der Waals surface area contributed by atoms with Crippen molar-refractivity contribution in [3.8, 4) is 5.75 Å². The van der Waals surface area contributed by atoms with Crippen molar-refractivity contribution in [1.29, 1.82) is 0 Å². The van der Waals surface area contributed by atoms with Gasteiger partial charge in [-0.15, -0.1) is 0 Å². The fourth-order valence-corrected chi connectivity index (χ4v) is 1.94. The number of unbranched alkanes of at least 4 members (excludes halogenated alkanes) is 2. The highest BCUT2D eigenvalue weighted by Crippen LogP contribution is 2.14. The fourth-order valence-electron chi connectivity index (χ4n) is 1.94. The monoisotopic (exact) mass is 322 g/mol. The summed E-state index contributed by atoms with van der Waals surface area (Å²) in [5, 5.41) is 0. The zero-order valence-corrected chi connectivity index (χ0v) is 14.4. The Labute approximate surface area is 137 Å². The Bertz CT molecular complexity index is 499. The molecular formula is C18H26O5. The first-order valence-electron chi connectivity index (χ1n) is 7.85. The second-order valence-electron chi connectivity index (χ2n) is 6.26. The van der Waals surface area contributed by atoms with Gasteiger partial charge in [-0.3, -0.25) is 4.79 Å². The van der Waals surface area contributed by atoms with Crippen LogP contribution < -0.4 is 4.74 Å². The number of methoxy groups -OCH3 is 1. The summed E-state index contributed by atoms with van der Waals surface area (Å²) in [4.78, 5) is 22.8. The lowest BCUT2D eigenvalue weighted by atomic mass is 10.1. The van der Waals surface area contributed by atoms with Gasteiger partial charge < -0.3 is 14.2 Å². The van der Waals surface area contributed by atoms with E-state index in [-0.39, 0.29) is 11.9 Å². The molecule has 1 aromatic carbocycles. The van der Waals surface area contributed by atoms with Gasteiger partial charge in [-0.1, -0.05) is 0 Å². The molecule has 0 fully saturated rings. The van der Waals surface area contributed by atoms with Gasteiger partial charge in [0, 0.05) is 6.42 Å². The molecule has 0 unspecified atom stereocenters. The molecule has 0 N–H and O–H groups in total. The molecule has 1 rings (SSSR count). The van der Waals surface area contributed by atoms with Crippen molar-refractivity contribution in [2.24, 2.45) is 0 Å². The Morgan fingerprint density at radius 3 is 2.22 bits per heavy atom. The van der Waals surface area contributed by atoms with Crippen LogP contribution in [0, 0.1) is 0 Å². The topological polar surface area (TPSA) is 61.8 Å². The van der Waals surface area contributed by atoms with Gasteiger partial charge >= 0.3 is 11.9 Å². The van der Waals surface area contributed by atoms with Crippen LogP contribution in [-0.2, 0) is 14.3 Å². The van der Waals surface area contributed by atoms with Crippen molar-refractivity contribution in [1.82, 2.24) is 0 Å². The van der Waals surface area contributed by atoms with Crippen molar-refractivity contribution in [2.75, 3.05) is 13.7 Å². The molecule has 0 saturated heterocycles. The van der Waals surface area contributed by atoms with Crippen LogP contribution in [0.2, 0.25) is 0 Å². The molecule has 23 heavy (non-hydrogen) atoms. The highest BCUT2D eigenvalue weighted by Gasteiger charge is 2.15. The lowest BCUT2D eigenvalue weighted by molar-refractivity contribution is -0.154. The quantitative estimate of drug-likeness (QED) is 0.539. The predicted molar refractivity (Wildman–Crippen MR) is 87.6 cm³/mol. The van der Waals surface area contributed by atoms with Gasteiger partial charge in [-0.25, -0.2) is 4.79 Å². The van der Waals surface area contributed by atoms with E-state index in [1.54, 1.807) is 24.3 Å². The van der Waals surface area contributed by atoms with Crippen LogP contribution in [0.5, 0.6) is 5.75 Å². The summed E-state index contributed by atoms with van der Waals surface area (Å²) in [6.45, 7) is 6.17. The van der Waals surface area contributed by atoms with Gasteiger partial charge in [0.15, 0.2) is 0 Å². The molecule has 0 radical (unpaired) electrons. The molecule has 1 aromatic rings. The van der Waals surface area contributed by atoms with E-state index < -0.39 is 5.60 Å². The summed E-state index contributed by atoms with van der Waals surface area (Å²) >= 11 is 0. The zero-order valence-electron chi connectivity index (χ0n) is 14.4. The van der Waals surface area contributed by atoms with Crippen LogP contribution in [0.15, 0.2) is 24.3 Å². The smallest absolute Gasteiger partial charge is 0.337 e. The summed E-state index contributed by atoms with van der Waals surface area (Å²) in [6.07, 6.45) is 2.99. The molecule has 0 atom stereocenters. The number of carbonyl (C=O) groups excluding carboxylic acids is 2. The molecule has 0 aliphatic rings. The van der Waals surface area contributed by atoms with E-state index in [1.165, 1.54) is 7.11 Å². The minimum atomic E-state index is -0.420. The molecule has 0 saturated carbocycles. The summed E-state index contributed by atoms with van der Waals surface area (Å²) in [5.74, 6) is 0.195. The van der Waals surface area contributed by atoms with Crippen LogP contribution in [0.25, 0.3) is 0 Å². The molecule has 0 aromatic heterocycles. The molecule has 0 aliphatic heterocycles. The molecular weight excluding hydrogens is 296 g/mol. The SMILES string of the molecule is COC(=O)c1ccc(OCCCCCC(=O)OC(C)(C)C)cc1. The van der Waals surface area contributed by atoms with Crippen molar-refractivity contribution < 1.29 is 23.8 Å². The van der Waals surface area contributed by atoms with Gasteiger partial charge in [0.05, 0.1) is 19.3 Å². The molecule has 0 spiro atoms. The van der Waals surface area contributed by atoms with E-state index in [9.17, 15) is 9.59 Å². The first-order chi connectivity index (χ1) is 10.8. The number of rotatable bonds is 8. The fraction of sp³-hybridized carbons (Fsp3) is 0.556. The standard InChI is InChI=1S/C18H26O5/c1-18(2,3)23-16(19)8-6-5-7-13-22-15-11-9-14(10-12-15)17(20)21-4/h9-12H,5-8,13H2,1-4H3. The Morgan fingerprint density at radius 2 is 1.65 bits per heavy atom. The number of carbonyl (C=O) groups is 2. The third-order valence-corrected chi connectivity index (χ3v) is 2.99. The number of hydrogen-bond donors (Lipinski definition) is 0. The highest BCUT2D eigenvalue weighted by atomic mass is 16.6. The lowest BCUT2D eigenvalue weighted by Gasteiger charge is -2.19. The first-order valence-corrected chi connectivity index (χ1v) is 7.85. The number of hydrogen-bond acceptors (Lipinski definition) is 5. The van der Waals surface area contributed by atoms with Gasteiger partial charge in [-0.05, 0) is 64.3 Å². The summed E-state index contributed by atoms with van der Waals surface area (Å²) in [5.41, 5.74) is 0.0773. The maximum Gasteiger partial charge on any atom is 0.337 e. The summed E-state index contributed by atoms with van der Waals surface area (Å²) < 4.78 is 15.5. The molecule has 0 amide bonds. The lowest BCUT2D eigenvalue weighted by Crippen LogP contribution is -2.23. The molecule has 128 valence electrons. The molecule has 0 bridgehead atoms. The maximum absolute atomic E-state index is 11.5. The van der Waals surface area contributed by atoms with Crippen LogP contribution in [0.1, 0.15) is 56.8 Å². The first kappa shape index (κ1) is 19.0. The zero-order chi connectivity index (χ0) is 17.3. The third-order valence-electron chi connectivity index (χ3n) is 2.99. The Kier molecular flexibility index (Phi) is 7.59. The Balaban J connectivity index is 2.16. The largest absolute Gasteiger partial charge is 0.494 e. The van der Waals surface area contributed by atoms with Crippen LogP contribution in [0.4, 0.5) is 0 Å². The van der Waals surface area contributed by atoms with Crippen LogP contribution >= 0.6 is 0 Å². The normalized spacial score (nSPS) is 11.0. The van der Waals surface area contributed by atoms with Crippen molar-refractivity contribution in [3.63, 3.8) is 0 Å². The average molecular weight is 322 g/mol.